The monoisotopic (exact) mass is 415 g/mol. The smallest absolute Gasteiger partial charge is 0.264 e. The van der Waals surface area contributed by atoms with Gasteiger partial charge in [-0.15, -0.1) is 11.3 Å². The van der Waals surface area contributed by atoms with Gasteiger partial charge in [0.1, 0.15) is 16.0 Å². The molecule has 29 heavy (non-hydrogen) atoms. The molecule has 3 N–H and O–H groups in total. The van der Waals surface area contributed by atoms with E-state index in [0.29, 0.717) is 22.4 Å². The summed E-state index contributed by atoms with van der Waals surface area (Å²) in [5.74, 6) is -0.882. The molecule has 1 aliphatic carbocycles. The number of carbonyl (C=O) groups excluding carboxylic acids is 2. The molecule has 3 heterocycles. The summed E-state index contributed by atoms with van der Waals surface area (Å²) in [5.41, 5.74) is 0.313. The summed E-state index contributed by atoms with van der Waals surface area (Å²) in [6.07, 6.45) is 4.28. The van der Waals surface area contributed by atoms with E-state index in [4.69, 9.17) is 4.11 Å². The van der Waals surface area contributed by atoms with Crippen molar-refractivity contribution in [3.05, 3.63) is 39.9 Å². The molecule has 1 saturated carbocycles. The van der Waals surface area contributed by atoms with Crippen molar-refractivity contribution < 1.29 is 13.7 Å². The van der Waals surface area contributed by atoms with Crippen LogP contribution in [0.15, 0.2) is 28.8 Å². The fourth-order valence-corrected chi connectivity index (χ4v) is 3.71. The van der Waals surface area contributed by atoms with Crippen molar-refractivity contribution in [1.29, 1.82) is 0 Å². The number of rotatable bonds is 6. The van der Waals surface area contributed by atoms with Gasteiger partial charge in [-0.3, -0.25) is 19.0 Å². The second-order valence-electron chi connectivity index (χ2n) is 6.62. The van der Waals surface area contributed by atoms with Crippen molar-refractivity contribution in [3.63, 3.8) is 0 Å². The number of fused-ring (bicyclic) bond motifs is 1. The third-order valence-corrected chi connectivity index (χ3v) is 5.52. The van der Waals surface area contributed by atoms with E-state index in [2.05, 4.69) is 20.6 Å². The van der Waals surface area contributed by atoms with Crippen LogP contribution in [0.4, 0.5) is 17.2 Å². The van der Waals surface area contributed by atoms with Gasteiger partial charge in [0, 0.05) is 41.2 Å². The minimum absolute atomic E-state index is 0.0499. The van der Waals surface area contributed by atoms with Crippen LogP contribution in [0.5, 0.6) is 0 Å². The Labute approximate surface area is 174 Å². The molecule has 0 aliphatic heterocycles. The number of carbonyl (C=O) groups is 2. The van der Waals surface area contributed by atoms with Crippen molar-refractivity contribution in [2.45, 2.75) is 26.3 Å². The number of anilines is 3. The maximum Gasteiger partial charge on any atom is 0.264 e. The van der Waals surface area contributed by atoms with Gasteiger partial charge in [-0.05, 0) is 19.8 Å². The summed E-state index contributed by atoms with van der Waals surface area (Å²) < 4.78 is 23.4. The number of hydrogen-bond donors (Lipinski definition) is 3. The predicted octanol–water partition coefficient (Wildman–Crippen LogP) is 2.32. The van der Waals surface area contributed by atoms with Crippen LogP contribution in [0.1, 0.15) is 34.2 Å². The summed E-state index contributed by atoms with van der Waals surface area (Å²) in [6.45, 7) is -0.430. The normalized spacial score (nSPS) is 15.3. The fraction of sp³-hybridized carbons (Fsp3) is 0.316. The second-order valence-corrected chi connectivity index (χ2v) is 7.48. The quantitative estimate of drug-likeness (QED) is 0.569. The van der Waals surface area contributed by atoms with Crippen LogP contribution >= 0.6 is 11.3 Å². The Morgan fingerprint density at radius 2 is 2.17 bits per heavy atom. The molecule has 0 radical (unpaired) electrons. The zero-order valence-electron chi connectivity index (χ0n) is 18.5. The van der Waals surface area contributed by atoms with Gasteiger partial charge in [0.15, 0.2) is 0 Å². The summed E-state index contributed by atoms with van der Waals surface area (Å²) >= 11 is 1.25. The molecule has 3 aromatic heterocycles. The zero-order valence-corrected chi connectivity index (χ0v) is 16.3. The molecule has 4 rings (SSSR count). The number of hydrogen-bond acceptors (Lipinski definition) is 7. The highest BCUT2D eigenvalue weighted by molar-refractivity contribution is 7.17. The molecule has 0 atom stereocenters. The van der Waals surface area contributed by atoms with Crippen molar-refractivity contribution in [2.24, 2.45) is 5.92 Å². The van der Waals surface area contributed by atoms with Gasteiger partial charge < -0.3 is 16.0 Å². The number of nitrogens with one attached hydrogen (secondary N) is 3. The van der Waals surface area contributed by atoms with Crippen LogP contribution in [-0.2, 0) is 11.3 Å². The van der Waals surface area contributed by atoms with Crippen molar-refractivity contribution >= 4 is 50.6 Å². The van der Waals surface area contributed by atoms with E-state index in [9.17, 15) is 14.4 Å². The first-order valence-electron chi connectivity index (χ1n) is 10.5. The summed E-state index contributed by atoms with van der Waals surface area (Å²) in [6, 6.07) is 1.44. The molecule has 0 unspecified atom stereocenters. The Morgan fingerprint density at radius 3 is 2.90 bits per heavy atom. The molecule has 9 nitrogen and oxygen atoms in total. The summed E-state index contributed by atoms with van der Waals surface area (Å²) in [4.78, 5) is 46.4. The highest BCUT2D eigenvalue weighted by atomic mass is 32.1. The highest BCUT2D eigenvalue weighted by Gasteiger charge is 2.30. The molecular formula is C19H20N6O3S. The number of aromatic nitrogens is 3. The fourth-order valence-electron chi connectivity index (χ4n) is 2.88. The van der Waals surface area contributed by atoms with Crippen LogP contribution in [0.2, 0.25) is 0 Å². The van der Waals surface area contributed by atoms with Crippen molar-refractivity contribution in [1.82, 2.24) is 19.9 Å². The maximum atomic E-state index is 12.8. The third kappa shape index (κ3) is 3.70. The largest absolute Gasteiger partial charge is 0.355 e. The van der Waals surface area contributed by atoms with Gasteiger partial charge in [-0.2, -0.15) is 0 Å². The van der Waals surface area contributed by atoms with Crippen LogP contribution in [0.25, 0.3) is 10.2 Å². The molecule has 0 aromatic carbocycles. The lowest BCUT2D eigenvalue weighted by Crippen LogP contribution is -2.21. The number of aryl methyl sites for hydroxylation is 1. The number of pyridine rings is 1. The topological polar surface area (TPSA) is 118 Å². The first-order chi connectivity index (χ1) is 15.2. The van der Waals surface area contributed by atoms with Gasteiger partial charge in [-0.1, -0.05) is 0 Å². The van der Waals surface area contributed by atoms with Gasteiger partial charge >= 0.3 is 0 Å². The van der Waals surface area contributed by atoms with E-state index in [1.165, 1.54) is 34.5 Å². The molecule has 0 spiro atoms. The number of thiophene rings is 1. The average molecular weight is 415 g/mol. The average Bonchev–Trinajstić information content (AvgIpc) is 3.49. The SMILES string of the molecule is [2H]C([2H])([2H])NC(=O)c1cnc(NC(=O)C2CC2)cc1Nc1csc2ncn(CC)c(=O)c12. The molecule has 0 saturated heterocycles. The van der Waals surface area contributed by atoms with E-state index < -0.39 is 12.9 Å². The molecule has 150 valence electrons. The minimum atomic E-state index is -2.69. The Kier molecular flexibility index (Phi) is 4.11. The van der Waals surface area contributed by atoms with Crippen LogP contribution in [0.3, 0.4) is 0 Å². The van der Waals surface area contributed by atoms with Gasteiger partial charge in [-0.25, -0.2) is 9.97 Å². The Hall–Kier alpha value is -3.27. The molecular weight excluding hydrogens is 392 g/mol. The zero-order chi connectivity index (χ0) is 23.0. The molecule has 1 aliphatic rings. The van der Waals surface area contributed by atoms with Gasteiger partial charge in [0.2, 0.25) is 5.91 Å². The Morgan fingerprint density at radius 1 is 1.34 bits per heavy atom. The molecule has 1 fully saturated rings. The predicted molar refractivity (Wildman–Crippen MR) is 112 cm³/mol. The van der Waals surface area contributed by atoms with Crippen LogP contribution in [-0.4, -0.2) is 33.3 Å². The molecule has 10 heteroatoms. The van der Waals surface area contributed by atoms with Crippen molar-refractivity contribution in [3.8, 4) is 0 Å². The van der Waals surface area contributed by atoms with Crippen LogP contribution < -0.4 is 21.5 Å². The maximum absolute atomic E-state index is 12.8. The van der Waals surface area contributed by atoms with E-state index >= 15 is 0 Å². The summed E-state index contributed by atoms with van der Waals surface area (Å²) in [5, 5.41) is 9.70. The lowest BCUT2D eigenvalue weighted by molar-refractivity contribution is -0.117. The minimum Gasteiger partial charge on any atom is -0.355 e. The summed E-state index contributed by atoms with van der Waals surface area (Å²) in [7, 11) is 0. The van der Waals surface area contributed by atoms with E-state index in [1.54, 1.807) is 5.38 Å². The van der Waals surface area contributed by atoms with E-state index in [1.807, 2.05) is 12.2 Å². The lowest BCUT2D eigenvalue weighted by atomic mass is 10.2. The number of nitrogens with zero attached hydrogens (tertiary/aromatic N) is 3. The second kappa shape index (κ2) is 7.63. The standard InChI is InChI=1S/C19H20N6O3S/c1-3-25-9-22-18-15(19(25)28)13(8-29-18)23-12-6-14(24-16(26)10-4-5-10)21-7-11(12)17(27)20-2/h6-10H,3-5H2,1-2H3,(H,20,27)(H2,21,23,24,26)/i2D3. The highest BCUT2D eigenvalue weighted by Crippen LogP contribution is 2.32. The van der Waals surface area contributed by atoms with E-state index in [0.717, 1.165) is 12.8 Å². The van der Waals surface area contributed by atoms with Gasteiger partial charge in [0.05, 0.1) is 23.3 Å². The lowest BCUT2D eigenvalue weighted by Gasteiger charge is -2.13. The van der Waals surface area contributed by atoms with Crippen LogP contribution in [0, 0.1) is 5.92 Å². The molecule has 0 bridgehead atoms. The molecule has 3 aromatic rings. The Balaban J connectivity index is 1.74. The number of amides is 2. The third-order valence-electron chi connectivity index (χ3n) is 4.63. The molecule has 2 amide bonds. The van der Waals surface area contributed by atoms with Crippen molar-refractivity contribution in [2.75, 3.05) is 17.6 Å². The first-order valence-corrected chi connectivity index (χ1v) is 9.91. The first kappa shape index (κ1) is 15.6. The Bertz CT molecular complexity index is 1270. The van der Waals surface area contributed by atoms with Gasteiger partial charge in [0.25, 0.3) is 11.5 Å². The van der Waals surface area contributed by atoms with E-state index in [-0.39, 0.29) is 34.5 Å².